The average Bonchev–Trinajstić information content (AvgIpc) is 2.55. The van der Waals surface area contributed by atoms with E-state index >= 15 is 0 Å². The van der Waals surface area contributed by atoms with E-state index in [4.69, 9.17) is 4.74 Å². The zero-order valence-corrected chi connectivity index (χ0v) is 13.7. The minimum absolute atomic E-state index is 0.0351. The van der Waals surface area contributed by atoms with Crippen molar-refractivity contribution in [2.24, 2.45) is 0 Å². The third-order valence-corrected chi connectivity index (χ3v) is 3.97. The van der Waals surface area contributed by atoms with E-state index in [1.54, 1.807) is 30.3 Å². The molecule has 0 aliphatic rings. The van der Waals surface area contributed by atoms with Gasteiger partial charge in [0.15, 0.2) is 0 Å². The molecule has 0 aromatic heterocycles. The summed E-state index contributed by atoms with van der Waals surface area (Å²) in [6.07, 6.45) is -6.88. The molecule has 2 rings (SSSR count). The van der Waals surface area contributed by atoms with E-state index in [0.29, 0.717) is 0 Å². The molecule has 24 heavy (non-hydrogen) atoms. The van der Waals surface area contributed by atoms with Crippen molar-refractivity contribution in [2.75, 3.05) is 5.32 Å². The maximum atomic E-state index is 12.9. The Hall–Kier alpha value is -2.09. The summed E-state index contributed by atoms with van der Waals surface area (Å²) in [5.41, 5.74) is -0.732. The Bertz CT molecular complexity index is 681. The van der Waals surface area contributed by atoms with Gasteiger partial charge < -0.3 is 4.74 Å². The highest BCUT2D eigenvalue weighted by molar-refractivity contribution is 9.10. The highest BCUT2D eigenvalue weighted by Crippen LogP contribution is 2.37. The minimum atomic E-state index is -2.97. The molecule has 0 heterocycles. The van der Waals surface area contributed by atoms with Crippen molar-refractivity contribution in [3.8, 4) is 0 Å². The molecule has 0 radical (unpaired) electrons. The predicted molar refractivity (Wildman–Crippen MR) is 84.3 cm³/mol. The van der Waals surface area contributed by atoms with Gasteiger partial charge in [0, 0.05) is 21.3 Å². The highest BCUT2D eigenvalue weighted by atomic mass is 79.9. The van der Waals surface area contributed by atoms with E-state index in [0.717, 1.165) is 17.7 Å². The Morgan fingerprint density at radius 3 is 2.08 bits per heavy atom. The highest BCUT2D eigenvalue weighted by Gasteiger charge is 2.21. The van der Waals surface area contributed by atoms with Crippen LogP contribution in [0.15, 0.2) is 46.9 Å². The summed E-state index contributed by atoms with van der Waals surface area (Å²) in [6.45, 7) is -0.0351. The maximum absolute atomic E-state index is 12.9. The standard InChI is InChI=1S/C16H12BrF4NO2/c17-13-11(14(18)19)6-10(7-12(13)15(20)21)22-16(23)24-8-9-4-2-1-3-5-9/h1-7,14-15H,8H2,(H,22,23). The summed E-state index contributed by atoms with van der Waals surface area (Å²) in [7, 11) is 0. The van der Waals surface area contributed by atoms with Gasteiger partial charge in [0.25, 0.3) is 12.9 Å². The van der Waals surface area contributed by atoms with E-state index in [-0.39, 0.29) is 16.8 Å². The molecular formula is C16H12BrF4NO2. The van der Waals surface area contributed by atoms with Crippen LogP contribution in [-0.4, -0.2) is 6.09 Å². The molecule has 8 heteroatoms. The van der Waals surface area contributed by atoms with Crippen LogP contribution in [0.25, 0.3) is 0 Å². The number of hydrogen-bond donors (Lipinski definition) is 1. The fourth-order valence-electron chi connectivity index (χ4n) is 1.94. The van der Waals surface area contributed by atoms with Crippen LogP contribution in [0.1, 0.15) is 29.5 Å². The number of nitrogens with one attached hydrogen (secondary N) is 1. The van der Waals surface area contributed by atoms with Crippen molar-refractivity contribution in [1.29, 1.82) is 0 Å². The number of rotatable bonds is 5. The molecule has 0 fully saturated rings. The van der Waals surface area contributed by atoms with Gasteiger partial charge in [0.05, 0.1) is 0 Å². The molecule has 2 aromatic rings. The van der Waals surface area contributed by atoms with Gasteiger partial charge >= 0.3 is 6.09 Å². The monoisotopic (exact) mass is 405 g/mol. The lowest BCUT2D eigenvalue weighted by molar-refractivity contribution is 0.142. The normalized spacial score (nSPS) is 11.0. The number of carbonyl (C=O) groups excluding carboxylic acids is 1. The zero-order chi connectivity index (χ0) is 17.7. The third kappa shape index (κ3) is 4.70. The van der Waals surface area contributed by atoms with Gasteiger partial charge in [-0.25, -0.2) is 22.4 Å². The van der Waals surface area contributed by atoms with Crippen molar-refractivity contribution in [1.82, 2.24) is 0 Å². The second-order valence-electron chi connectivity index (χ2n) is 4.76. The fourth-order valence-corrected chi connectivity index (χ4v) is 2.51. The Labute approximate surface area is 143 Å². The second kappa shape index (κ2) is 8.14. The van der Waals surface area contributed by atoms with Gasteiger partial charge in [0.1, 0.15) is 6.61 Å². The van der Waals surface area contributed by atoms with Gasteiger partial charge in [-0.2, -0.15) is 0 Å². The van der Waals surface area contributed by atoms with Crippen LogP contribution >= 0.6 is 15.9 Å². The van der Waals surface area contributed by atoms with E-state index in [2.05, 4.69) is 21.2 Å². The van der Waals surface area contributed by atoms with Gasteiger partial charge in [0.2, 0.25) is 0 Å². The first-order chi connectivity index (χ1) is 11.4. The number of halogens is 5. The Morgan fingerprint density at radius 1 is 1.04 bits per heavy atom. The SMILES string of the molecule is O=C(Nc1cc(C(F)F)c(Br)c(C(F)F)c1)OCc1ccccc1. The number of ether oxygens (including phenoxy) is 1. The predicted octanol–water partition coefficient (Wildman–Crippen LogP) is 6.07. The van der Waals surface area contributed by atoms with Crippen LogP contribution in [0.4, 0.5) is 28.0 Å². The first kappa shape index (κ1) is 18.3. The van der Waals surface area contributed by atoms with Crippen molar-refractivity contribution < 1.29 is 27.1 Å². The summed E-state index contributed by atoms with van der Waals surface area (Å²) in [5.74, 6) is 0. The molecule has 0 aliphatic heterocycles. The Morgan fingerprint density at radius 2 is 1.58 bits per heavy atom. The lowest BCUT2D eigenvalue weighted by atomic mass is 10.1. The number of amides is 1. The summed E-state index contributed by atoms with van der Waals surface area (Å²) in [4.78, 5) is 11.7. The third-order valence-electron chi connectivity index (χ3n) is 3.06. The smallest absolute Gasteiger partial charge is 0.411 e. The summed E-state index contributed by atoms with van der Waals surface area (Å²) in [6, 6.07) is 10.6. The molecule has 0 aliphatic carbocycles. The quantitative estimate of drug-likeness (QED) is 0.612. The van der Waals surface area contributed by atoms with Crippen LogP contribution in [0.3, 0.4) is 0 Å². The number of carbonyl (C=O) groups is 1. The van der Waals surface area contributed by atoms with E-state index < -0.39 is 30.1 Å². The van der Waals surface area contributed by atoms with Crippen LogP contribution in [-0.2, 0) is 11.3 Å². The topological polar surface area (TPSA) is 38.3 Å². The minimum Gasteiger partial charge on any atom is -0.444 e. The summed E-state index contributed by atoms with van der Waals surface area (Å²) < 4.78 is 56.3. The molecule has 1 amide bonds. The zero-order valence-electron chi connectivity index (χ0n) is 12.1. The second-order valence-corrected chi connectivity index (χ2v) is 5.55. The van der Waals surface area contributed by atoms with Gasteiger partial charge in [-0.1, -0.05) is 30.3 Å². The molecule has 128 valence electrons. The number of anilines is 1. The van der Waals surface area contributed by atoms with Crippen LogP contribution in [0.2, 0.25) is 0 Å². The maximum Gasteiger partial charge on any atom is 0.411 e. The first-order valence-electron chi connectivity index (χ1n) is 6.76. The van der Waals surface area contributed by atoms with Gasteiger partial charge in [-0.3, -0.25) is 5.32 Å². The molecular weight excluding hydrogens is 394 g/mol. The van der Waals surface area contributed by atoms with Crippen molar-refractivity contribution >= 4 is 27.7 Å². The number of hydrogen-bond acceptors (Lipinski definition) is 2. The van der Waals surface area contributed by atoms with E-state index in [1.807, 2.05) is 0 Å². The first-order valence-corrected chi connectivity index (χ1v) is 7.55. The summed E-state index contributed by atoms with van der Waals surface area (Å²) >= 11 is 2.74. The van der Waals surface area contributed by atoms with Crippen molar-refractivity contribution in [3.63, 3.8) is 0 Å². The largest absolute Gasteiger partial charge is 0.444 e. The van der Waals surface area contributed by atoms with Crippen LogP contribution in [0, 0.1) is 0 Å². The molecule has 1 N–H and O–H groups in total. The van der Waals surface area contributed by atoms with Crippen LogP contribution < -0.4 is 5.32 Å². The van der Waals surface area contributed by atoms with Crippen molar-refractivity contribution in [2.45, 2.75) is 19.5 Å². The summed E-state index contributed by atoms with van der Waals surface area (Å²) in [5, 5.41) is 2.18. The van der Waals surface area contributed by atoms with Gasteiger partial charge in [-0.15, -0.1) is 0 Å². The average molecular weight is 406 g/mol. The molecule has 3 nitrogen and oxygen atoms in total. The number of benzene rings is 2. The molecule has 0 saturated carbocycles. The van der Waals surface area contributed by atoms with E-state index in [1.165, 1.54) is 0 Å². The lowest BCUT2D eigenvalue weighted by Gasteiger charge is -2.13. The lowest BCUT2D eigenvalue weighted by Crippen LogP contribution is -2.14. The molecule has 0 saturated heterocycles. The van der Waals surface area contributed by atoms with Crippen molar-refractivity contribution in [3.05, 3.63) is 63.6 Å². The van der Waals surface area contributed by atoms with Gasteiger partial charge in [-0.05, 0) is 33.6 Å². The Balaban J connectivity index is 2.12. The Kier molecular flexibility index (Phi) is 6.19. The molecule has 0 spiro atoms. The fraction of sp³-hybridized carbons (Fsp3) is 0.188. The molecule has 2 aromatic carbocycles. The van der Waals surface area contributed by atoms with E-state index in [9.17, 15) is 22.4 Å². The molecule has 0 bridgehead atoms. The molecule has 0 unspecified atom stereocenters. The molecule has 0 atom stereocenters. The number of alkyl halides is 4. The van der Waals surface area contributed by atoms with Crippen LogP contribution in [0.5, 0.6) is 0 Å².